The molecule has 2 rings (SSSR count). The predicted molar refractivity (Wildman–Crippen MR) is 74.7 cm³/mol. The van der Waals surface area contributed by atoms with Crippen molar-refractivity contribution < 1.29 is 14.2 Å². The van der Waals surface area contributed by atoms with Crippen molar-refractivity contribution in [3.63, 3.8) is 0 Å². The maximum atomic E-state index is 6.39. The fourth-order valence-corrected chi connectivity index (χ4v) is 2.71. The Hall–Kier alpha value is -1.26. The van der Waals surface area contributed by atoms with Crippen LogP contribution in [0.25, 0.3) is 0 Å². The number of rotatable bonds is 4. The first-order valence-corrected chi connectivity index (χ1v) is 6.68. The van der Waals surface area contributed by atoms with Gasteiger partial charge in [-0.2, -0.15) is 0 Å². The van der Waals surface area contributed by atoms with Crippen molar-refractivity contribution in [3.05, 3.63) is 23.3 Å². The maximum Gasteiger partial charge on any atom is 0.161 e. The van der Waals surface area contributed by atoms with Gasteiger partial charge in [-0.1, -0.05) is 6.92 Å². The maximum absolute atomic E-state index is 6.39. The zero-order valence-electron chi connectivity index (χ0n) is 12.1. The van der Waals surface area contributed by atoms with Gasteiger partial charge in [0.05, 0.1) is 26.4 Å². The second-order valence-electron chi connectivity index (χ2n) is 5.19. The molecule has 4 heteroatoms. The van der Waals surface area contributed by atoms with E-state index in [0.29, 0.717) is 11.7 Å². The molecule has 0 aromatic heterocycles. The van der Waals surface area contributed by atoms with E-state index in [1.807, 2.05) is 19.1 Å². The SMILES string of the molecule is COc1cc(C)c(C(N)C2OCCC2C)cc1OC. The van der Waals surface area contributed by atoms with Crippen LogP contribution in [0, 0.1) is 12.8 Å². The highest BCUT2D eigenvalue weighted by Gasteiger charge is 2.32. The van der Waals surface area contributed by atoms with Gasteiger partial charge in [-0.05, 0) is 42.5 Å². The highest BCUT2D eigenvalue weighted by Crippen LogP contribution is 2.36. The van der Waals surface area contributed by atoms with E-state index in [0.717, 1.165) is 29.9 Å². The molecule has 0 radical (unpaired) electrons. The summed E-state index contributed by atoms with van der Waals surface area (Å²) in [5.74, 6) is 1.93. The van der Waals surface area contributed by atoms with Gasteiger partial charge in [-0.15, -0.1) is 0 Å². The molecule has 0 aliphatic carbocycles. The van der Waals surface area contributed by atoms with Crippen molar-refractivity contribution in [3.8, 4) is 11.5 Å². The van der Waals surface area contributed by atoms with Crippen LogP contribution in [0.1, 0.15) is 30.5 Å². The lowest BCUT2D eigenvalue weighted by atomic mass is 9.90. The lowest BCUT2D eigenvalue weighted by molar-refractivity contribution is 0.0722. The number of ether oxygens (including phenoxy) is 3. The second kappa shape index (κ2) is 5.80. The molecule has 1 aliphatic heterocycles. The normalized spacial score (nSPS) is 24.3. The molecule has 0 bridgehead atoms. The summed E-state index contributed by atoms with van der Waals surface area (Å²) in [7, 11) is 3.27. The van der Waals surface area contributed by atoms with Crippen molar-refractivity contribution in [1.29, 1.82) is 0 Å². The van der Waals surface area contributed by atoms with Crippen LogP contribution in [0.4, 0.5) is 0 Å². The minimum absolute atomic E-state index is 0.0804. The van der Waals surface area contributed by atoms with Gasteiger partial charge in [0, 0.05) is 6.61 Å². The lowest BCUT2D eigenvalue weighted by Crippen LogP contribution is -2.30. The quantitative estimate of drug-likeness (QED) is 0.908. The van der Waals surface area contributed by atoms with Crippen molar-refractivity contribution in [1.82, 2.24) is 0 Å². The molecule has 0 amide bonds. The van der Waals surface area contributed by atoms with Crippen molar-refractivity contribution in [2.45, 2.75) is 32.4 Å². The van der Waals surface area contributed by atoms with Gasteiger partial charge in [0.2, 0.25) is 0 Å². The summed E-state index contributed by atoms with van der Waals surface area (Å²) in [6.07, 6.45) is 1.15. The van der Waals surface area contributed by atoms with E-state index >= 15 is 0 Å². The summed E-state index contributed by atoms with van der Waals surface area (Å²) in [6.45, 7) is 5.02. The smallest absolute Gasteiger partial charge is 0.161 e. The fraction of sp³-hybridized carbons (Fsp3) is 0.600. The van der Waals surface area contributed by atoms with E-state index in [1.54, 1.807) is 14.2 Å². The summed E-state index contributed by atoms with van der Waals surface area (Å²) in [5.41, 5.74) is 8.56. The van der Waals surface area contributed by atoms with E-state index in [2.05, 4.69) is 6.92 Å². The average Bonchev–Trinajstić information content (AvgIpc) is 2.83. The van der Waals surface area contributed by atoms with Crippen LogP contribution in [0.15, 0.2) is 12.1 Å². The first-order chi connectivity index (χ1) is 9.08. The topological polar surface area (TPSA) is 53.7 Å². The minimum Gasteiger partial charge on any atom is -0.493 e. The molecular formula is C15H23NO3. The minimum atomic E-state index is -0.127. The Kier molecular flexibility index (Phi) is 4.32. The van der Waals surface area contributed by atoms with Gasteiger partial charge in [0.1, 0.15) is 0 Å². The van der Waals surface area contributed by atoms with Gasteiger partial charge >= 0.3 is 0 Å². The third-order valence-corrected chi connectivity index (χ3v) is 3.93. The highest BCUT2D eigenvalue weighted by molar-refractivity contribution is 5.48. The van der Waals surface area contributed by atoms with E-state index in [9.17, 15) is 0 Å². The molecule has 1 aromatic rings. The van der Waals surface area contributed by atoms with Crippen LogP contribution in [-0.2, 0) is 4.74 Å². The van der Waals surface area contributed by atoms with Crippen LogP contribution >= 0.6 is 0 Å². The number of hydrogen-bond donors (Lipinski definition) is 1. The molecule has 0 spiro atoms. The molecule has 4 nitrogen and oxygen atoms in total. The van der Waals surface area contributed by atoms with Crippen molar-refractivity contribution in [2.24, 2.45) is 11.7 Å². The standard InChI is InChI=1S/C15H23NO3/c1-9-5-6-19-15(9)14(16)11-8-13(18-4)12(17-3)7-10(11)2/h7-9,14-15H,5-6,16H2,1-4H3. The molecule has 3 atom stereocenters. The Labute approximate surface area is 114 Å². The van der Waals surface area contributed by atoms with Crippen LogP contribution in [0.5, 0.6) is 11.5 Å². The lowest BCUT2D eigenvalue weighted by Gasteiger charge is -2.25. The van der Waals surface area contributed by atoms with Crippen LogP contribution < -0.4 is 15.2 Å². The Morgan fingerprint density at radius 2 is 1.89 bits per heavy atom. The third-order valence-electron chi connectivity index (χ3n) is 3.93. The van der Waals surface area contributed by atoms with Gasteiger partial charge in [0.15, 0.2) is 11.5 Å². The molecule has 1 aliphatic rings. The number of nitrogens with two attached hydrogens (primary N) is 1. The van der Waals surface area contributed by atoms with Crippen molar-refractivity contribution in [2.75, 3.05) is 20.8 Å². The molecule has 1 saturated heterocycles. The van der Waals surface area contributed by atoms with Gasteiger partial charge in [0.25, 0.3) is 0 Å². The van der Waals surface area contributed by atoms with Crippen LogP contribution in [0.2, 0.25) is 0 Å². The Bertz CT molecular complexity index is 447. The molecule has 3 unspecified atom stereocenters. The van der Waals surface area contributed by atoms with E-state index in [4.69, 9.17) is 19.9 Å². The largest absolute Gasteiger partial charge is 0.493 e. The highest BCUT2D eigenvalue weighted by atomic mass is 16.5. The monoisotopic (exact) mass is 265 g/mol. The fourth-order valence-electron chi connectivity index (χ4n) is 2.71. The Balaban J connectivity index is 2.33. The summed E-state index contributed by atoms with van der Waals surface area (Å²) in [5, 5.41) is 0. The summed E-state index contributed by atoms with van der Waals surface area (Å²) < 4.78 is 16.4. The van der Waals surface area contributed by atoms with E-state index in [1.165, 1.54) is 0 Å². The zero-order chi connectivity index (χ0) is 14.0. The predicted octanol–water partition coefficient (Wildman–Crippen LogP) is 2.44. The zero-order valence-corrected chi connectivity index (χ0v) is 12.1. The third kappa shape index (κ3) is 2.69. The molecule has 2 N–H and O–H groups in total. The second-order valence-corrected chi connectivity index (χ2v) is 5.19. The first kappa shape index (κ1) is 14.2. The number of benzene rings is 1. The molecule has 19 heavy (non-hydrogen) atoms. The first-order valence-electron chi connectivity index (χ1n) is 6.68. The Morgan fingerprint density at radius 3 is 2.42 bits per heavy atom. The van der Waals surface area contributed by atoms with E-state index < -0.39 is 0 Å². The summed E-state index contributed by atoms with van der Waals surface area (Å²) in [6, 6.07) is 3.80. The van der Waals surface area contributed by atoms with Gasteiger partial charge < -0.3 is 19.9 Å². The number of aryl methyl sites for hydroxylation is 1. The molecular weight excluding hydrogens is 242 g/mol. The van der Waals surface area contributed by atoms with Crippen LogP contribution in [0.3, 0.4) is 0 Å². The van der Waals surface area contributed by atoms with E-state index in [-0.39, 0.29) is 12.1 Å². The molecule has 106 valence electrons. The summed E-state index contributed by atoms with van der Waals surface area (Å²) in [4.78, 5) is 0. The molecule has 1 aromatic carbocycles. The Morgan fingerprint density at radius 1 is 1.26 bits per heavy atom. The van der Waals surface area contributed by atoms with Gasteiger partial charge in [-0.25, -0.2) is 0 Å². The molecule has 1 heterocycles. The molecule has 0 saturated carbocycles. The molecule has 1 fully saturated rings. The average molecular weight is 265 g/mol. The summed E-state index contributed by atoms with van der Waals surface area (Å²) >= 11 is 0. The number of hydrogen-bond acceptors (Lipinski definition) is 4. The van der Waals surface area contributed by atoms with Gasteiger partial charge in [-0.3, -0.25) is 0 Å². The van der Waals surface area contributed by atoms with Crippen molar-refractivity contribution >= 4 is 0 Å². The number of methoxy groups -OCH3 is 2. The van der Waals surface area contributed by atoms with Crippen LogP contribution in [-0.4, -0.2) is 26.9 Å².